The third-order valence-corrected chi connectivity index (χ3v) is 6.79. The van der Waals surface area contributed by atoms with Crippen LogP contribution in [0.15, 0.2) is 53.2 Å². The number of carbonyl (C=O) groups excluding carboxylic acids is 1. The van der Waals surface area contributed by atoms with Gasteiger partial charge in [-0.15, -0.1) is 11.3 Å². The molecule has 5 aromatic rings. The Hall–Kier alpha value is -3.82. The highest BCUT2D eigenvalue weighted by Gasteiger charge is 2.17. The second-order valence-corrected chi connectivity index (χ2v) is 10.1. The van der Waals surface area contributed by atoms with Gasteiger partial charge in [-0.2, -0.15) is 0 Å². The van der Waals surface area contributed by atoms with Gasteiger partial charge in [0.25, 0.3) is 5.91 Å². The van der Waals surface area contributed by atoms with Gasteiger partial charge in [0.2, 0.25) is 5.82 Å². The van der Waals surface area contributed by atoms with Crippen molar-refractivity contribution < 1.29 is 9.32 Å². The van der Waals surface area contributed by atoms with Crippen molar-refractivity contribution in [2.75, 3.05) is 5.32 Å². The molecule has 2 N–H and O–H groups in total. The molecular weight excluding hydrogens is 496 g/mol. The van der Waals surface area contributed by atoms with E-state index in [2.05, 4.69) is 30.7 Å². The van der Waals surface area contributed by atoms with Gasteiger partial charge in [-0.3, -0.25) is 4.79 Å². The average molecular weight is 519 g/mol. The van der Waals surface area contributed by atoms with Gasteiger partial charge < -0.3 is 15.2 Å². The number of nitrogens with one attached hydrogen (secondary N) is 2. The molecule has 0 radical (unpaired) electrons. The molecule has 2 aromatic carbocycles. The topological polar surface area (TPSA) is 106 Å². The van der Waals surface area contributed by atoms with Gasteiger partial charge >= 0.3 is 0 Å². The molecule has 0 atom stereocenters. The van der Waals surface area contributed by atoms with E-state index in [1.807, 2.05) is 63.2 Å². The number of hydrogen-bond donors (Lipinski definition) is 2. The second-order valence-electron chi connectivity index (χ2n) is 8.36. The molecule has 0 saturated carbocycles. The SMILES string of the molecule is Cc1cnc(CNC(=O)c2nc(NCc3cccc(Cl)c3)c3cc(-c4c(C)noc4C)ccc3n2)s1. The Morgan fingerprint density at radius 1 is 1.08 bits per heavy atom. The molecule has 8 nitrogen and oxygen atoms in total. The van der Waals surface area contributed by atoms with Gasteiger partial charge in [0.1, 0.15) is 16.6 Å². The van der Waals surface area contributed by atoms with Crippen molar-refractivity contribution in [3.05, 3.63) is 86.4 Å². The molecule has 0 unspecified atom stereocenters. The predicted octanol–water partition coefficient (Wildman–Crippen LogP) is 5.86. The summed E-state index contributed by atoms with van der Waals surface area (Å²) in [4.78, 5) is 27.5. The first-order valence-electron chi connectivity index (χ1n) is 11.3. The zero-order valence-electron chi connectivity index (χ0n) is 19.9. The zero-order chi connectivity index (χ0) is 25.2. The molecule has 3 aromatic heterocycles. The number of benzene rings is 2. The Labute approximate surface area is 216 Å². The van der Waals surface area contributed by atoms with Crippen LogP contribution in [-0.2, 0) is 13.1 Å². The maximum atomic E-state index is 13.0. The molecular formula is C26H23ClN6O2S. The minimum Gasteiger partial charge on any atom is -0.365 e. The van der Waals surface area contributed by atoms with E-state index in [-0.39, 0.29) is 11.7 Å². The largest absolute Gasteiger partial charge is 0.365 e. The van der Waals surface area contributed by atoms with E-state index in [9.17, 15) is 4.79 Å². The van der Waals surface area contributed by atoms with Crippen LogP contribution in [0.25, 0.3) is 22.0 Å². The molecule has 10 heteroatoms. The minimum absolute atomic E-state index is 0.0782. The molecule has 5 rings (SSSR count). The lowest BCUT2D eigenvalue weighted by atomic mass is 10.0. The number of hydrogen-bond acceptors (Lipinski definition) is 8. The van der Waals surface area contributed by atoms with Gasteiger partial charge in [-0.05, 0) is 56.2 Å². The van der Waals surface area contributed by atoms with E-state index in [0.29, 0.717) is 29.4 Å². The minimum atomic E-state index is -0.370. The molecule has 36 heavy (non-hydrogen) atoms. The summed E-state index contributed by atoms with van der Waals surface area (Å²) in [6, 6.07) is 13.4. The van der Waals surface area contributed by atoms with Gasteiger partial charge in [0, 0.05) is 33.6 Å². The molecule has 0 spiro atoms. The molecule has 0 saturated heterocycles. The summed E-state index contributed by atoms with van der Waals surface area (Å²) < 4.78 is 5.36. The van der Waals surface area contributed by atoms with Crippen LogP contribution < -0.4 is 10.6 Å². The van der Waals surface area contributed by atoms with Crippen LogP contribution in [0.2, 0.25) is 5.02 Å². The first-order chi connectivity index (χ1) is 17.4. The fourth-order valence-corrected chi connectivity index (χ4v) is 4.91. The summed E-state index contributed by atoms with van der Waals surface area (Å²) in [7, 11) is 0. The fourth-order valence-electron chi connectivity index (χ4n) is 3.97. The summed E-state index contributed by atoms with van der Waals surface area (Å²) in [6.45, 7) is 6.55. The van der Waals surface area contributed by atoms with Crippen molar-refractivity contribution in [2.45, 2.75) is 33.9 Å². The lowest BCUT2D eigenvalue weighted by molar-refractivity contribution is 0.0941. The molecule has 0 aliphatic rings. The first kappa shape index (κ1) is 23.9. The van der Waals surface area contributed by atoms with Crippen LogP contribution in [-0.4, -0.2) is 26.0 Å². The van der Waals surface area contributed by atoms with E-state index in [1.54, 1.807) is 6.20 Å². The maximum Gasteiger partial charge on any atom is 0.289 e. The molecule has 182 valence electrons. The quantitative estimate of drug-likeness (QED) is 0.278. The molecule has 0 bridgehead atoms. The van der Waals surface area contributed by atoms with Crippen molar-refractivity contribution in [3.8, 4) is 11.1 Å². The lowest BCUT2D eigenvalue weighted by Crippen LogP contribution is -2.25. The van der Waals surface area contributed by atoms with E-state index >= 15 is 0 Å². The Bertz CT molecular complexity index is 1560. The van der Waals surface area contributed by atoms with Gasteiger partial charge in [-0.25, -0.2) is 15.0 Å². The zero-order valence-corrected chi connectivity index (χ0v) is 21.5. The standard InChI is InChI=1S/C26H23ClN6O2S/c1-14-11-28-22(36-14)13-30-26(34)25-31-21-8-7-18(23-15(2)33-35-16(23)3)10-20(21)24(32-25)29-12-17-5-4-6-19(27)9-17/h4-11H,12-13H2,1-3H3,(H,30,34)(H,29,31,32). The number of carbonyl (C=O) groups is 1. The van der Waals surface area contributed by atoms with Crippen LogP contribution in [0.3, 0.4) is 0 Å². The average Bonchev–Trinajstić information content (AvgIpc) is 3.44. The molecule has 0 fully saturated rings. The predicted molar refractivity (Wildman–Crippen MR) is 141 cm³/mol. The van der Waals surface area contributed by atoms with Crippen molar-refractivity contribution >= 4 is 45.6 Å². The number of aryl methyl sites for hydroxylation is 3. The smallest absolute Gasteiger partial charge is 0.289 e. The van der Waals surface area contributed by atoms with Crippen LogP contribution in [0, 0.1) is 20.8 Å². The molecule has 0 aliphatic carbocycles. The van der Waals surface area contributed by atoms with Crippen LogP contribution in [0.5, 0.6) is 0 Å². The highest BCUT2D eigenvalue weighted by Crippen LogP contribution is 2.31. The number of aromatic nitrogens is 4. The van der Waals surface area contributed by atoms with Crippen molar-refractivity contribution in [3.63, 3.8) is 0 Å². The summed E-state index contributed by atoms with van der Waals surface area (Å²) >= 11 is 7.69. The van der Waals surface area contributed by atoms with Crippen LogP contribution in [0.1, 0.15) is 37.5 Å². The van der Waals surface area contributed by atoms with Crippen molar-refractivity contribution in [2.24, 2.45) is 0 Å². The van der Waals surface area contributed by atoms with Gasteiger partial charge in [0.15, 0.2) is 0 Å². The fraction of sp³-hybridized carbons (Fsp3) is 0.192. The normalized spacial score (nSPS) is 11.1. The van der Waals surface area contributed by atoms with E-state index in [0.717, 1.165) is 43.4 Å². The highest BCUT2D eigenvalue weighted by molar-refractivity contribution is 7.11. The maximum absolute atomic E-state index is 13.0. The lowest BCUT2D eigenvalue weighted by Gasteiger charge is -2.12. The Morgan fingerprint density at radius 3 is 2.67 bits per heavy atom. The Balaban J connectivity index is 1.51. The number of nitrogens with zero attached hydrogens (tertiary/aromatic N) is 4. The Kier molecular flexibility index (Phi) is 6.67. The van der Waals surface area contributed by atoms with E-state index < -0.39 is 0 Å². The Morgan fingerprint density at radius 2 is 1.94 bits per heavy atom. The van der Waals surface area contributed by atoms with Crippen LogP contribution in [0.4, 0.5) is 5.82 Å². The number of amides is 1. The monoisotopic (exact) mass is 518 g/mol. The number of halogens is 1. The van der Waals surface area contributed by atoms with E-state index in [4.69, 9.17) is 16.1 Å². The number of anilines is 1. The van der Waals surface area contributed by atoms with Crippen LogP contribution >= 0.6 is 22.9 Å². The summed E-state index contributed by atoms with van der Waals surface area (Å²) in [5.74, 6) is 0.985. The first-order valence-corrected chi connectivity index (χ1v) is 12.5. The summed E-state index contributed by atoms with van der Waals surface area (Å²) in [6.07, 6.45) is 1.78. The van der Waals surface area contributed by atoms with Gasteiger partial charge in [-0.1, -0.05) is 35.0 Å². The second kappa shape index (κ2) is 10.0. The summed E-state index contributed by atoms with van der Waals surface area (Å²) in [5, 5.41) is 12.6. The number of fused-ring (bicyclic) bond motifs is 1. The number of rotatable bonds is 7. The van der Waals surface area contributed by atoms with Crippen molar-refractivity contribution in [1.29, 1.82) is 0 Å². The highest BCUT2D eigenvalue weighted by atomic mass is 35.5. The van der Waals surface area contributed by atoms with Gasteiger partial charge in [0.05, 0.1) is 17.8 Å². The third kappa shape index (κ3) is 5.07. The summed E-state index contributed by atoms with van der Waals surface area (Å²) in [5.41, 5.74) is 4.29. The van der Waals surface area contributed by atoms with E-state index in [1.165, 1.54) is 11.3 Å². The van der Waals surface area contributed by atoms with Crippen molar-refractivity contribution in [1.82, 2.24) is 25.4 Å². The third-order valence-electron chi connectivity index (χ3n) is 5.64. The molecule has 3 heterocycles. The molecule has 0 aliphatic heterocycles. The molecule has 1 amide bonds. The number of thiazole rings is 1.